The van der Waals surface area contributed by atoms with E-state index in [1.165, 1.54) is 13.2 Å². The fourth-order valence-corrected chi connectivity index (χ4v) is 1.82. The third-order valence-corrected chi connectivity index (χ3v) is 2.71. The molecule has 0 saturated carbocycles. The molecule has 1 aliphatic heterocycles. The van der Waals surface area contributed by atoms with E-state index in [0.29, 0.717) is 0 Å². The summed E-state index contributed by atoms with van der Waals surface area (Å²) in [6.45, 7) is 3.46. The Hall–Kier alpha value is -1.49. The Morgan fingerprint density at radius 2 is 2.06 bits per heavy atom. The fourth-order valence-electron chi connectivity index (χ4n) is 1.82. The number of methoxy groups -OCH3 is 1. The Balaban J connectivity index is 2.29. The van der Waals surface area contributed by atoms with Gasteiger partial charge in [-0.05, 0) is 0 Å². The number of piperazine rings is 1. The van der Waals surface area contributed by atoms with Crippen LogP contribution in [0.2, 0.25) is 0 Å². The Labute approximate surface area is 93.6 Å². The van der Waals surface area contributed by atoms with Gasteiger partial charge in [-0.1, -0.05) is 0 Å². The maximum Gasteiger partial charge on any atom is 0.206 e. The average molecular weight is 226 g/mol. The molecular weight excluding hydrogens is 211 g/mol. The maximum atomic E-state index is 13.3. The van der Waals surface area contributed by atoms with Crippen molar-refractivity contribution in [1.29, 1.82) is 0 Å². The summed E-state index contributed by atoms with van der Waals surface area (Å²) in [5.41, 5.74) is 0.789. The predicted octanol–water partition coefficient (Wildman–Crippen LogP) is 0.949. The zero-order valence-electron chi connectivity index (χ0n) is 9.16. The topological polar surface area (TPSA) is 44.7 Å². The summed E-state index contributed by atoms with van der Waals surface area (Å²) in [5, 5.41) is 12.7. The molecule has 4 nitrogen and oxygen atoms in total. The van der Waals surface area contributed by atoms with Crippen LogP contribution in [0, 0.1) is 5.82 Å². The van der Waals surface area contributed by atoms with Gasteiger partial charge in [-0.3, -0.25) is 0 Å². The fraction of sp³-hybridized carbons (Fsp3) is 0.455. The average Bonchev–Trinajstić information content (AvgIpc) is 2.33. The van der Waals surface area contributed by atoms with Crippen molar-refractivity contribution in [3.05, 3.63) is 17.9 Å². The quantitative estimate of drug-likeness (QED) is 0.788. The van der Waals surface area contributed by atoms with Crippen LogP contribution in [0.4, 0.5) is 10.1 Å². The lowest BCUT2D eigenvalue weighted by atomic mass is 10.2. The highest BCUT2D eigenvalue weighted by atomic mass is 19.1. The van der Waals surface area contributed by atoms with E-state index in [-0.39, 0.29) is 11.5 Å². The molecule has 0 bridgehead atoms. The van der Waals surface area contributed by atoms with Crippen LogP contribution in [-0.2, 0) is 0 Å². The predicted molar refractivity (Wildman–Crippen MR) is 59.7 cm³/mol. The number of hydrogen-bond acceptors (Lipinski definition) is 4. The molecule has 1 heterocycles. The SMILES string of the molecule is COc1cc(N2CCNCC2)cc(O)c1F. The first-order valence-corrected chi connectivity index (χ1v) is 5.24. The molecule has 0 unspecified atom stereocenters. The van der Waals surface area contributed by atoms with E-state index in [9.17, 15) is 9.50 Å². The molecule has 1 fully saturated rings. The van der Waals surface area contributed by atoms with E-state index in [4.69, 9.17) is 4.74 Å². The van der Waals surface area contributed by atoms with Crippen LogP contribution in [0.3, 0.4) is 0 Å². The van der Waals surface area contributed by atoms with Gasteiger partial charge in [0.15, 0.2) is 11.5 Å². The van der Waals surface area contributed by atoms with Crippen LogP contribution in [0.15, 0.2) is 12.1 Å². The van der Waals surface area contributed by atoms with Crippen LogP contribution in [0.5, 0.6) is 11.5 Å². The number of phenolic OH excluding ortho intramolecular Hbond substituents is 1. The third-order valence-electron chi connectivity index (χ3n) is 2.71. The highest BCUT2D eigenvalue weighted by Gasteiger charge is 2.16. The number of halogens is 1. The molecule has 0 amide bonds. The lowest BCUT2D eigenvalue weighted by Gasteiger charge is -2.29. The summed E-state index contributed by atoms with van der Waals surface area (Å²) < 4.78 is 18.2. The molecule has 88 valence electrons. The Kier molecular flexibility index (Phi) is 3.14. The van der Waals surface area contributed by atoms with Gasteiger partial charge in [-0.25, -0.2) is 0 Å². The lowest BCUT2D eigenvalue weighted by molar-refractivity contribution is 0.364. The molecule has 16 heavy (non-hydrogen) atoms. The summed E-state index contributed by atoms with van der Waals surface area (Å²) in [6, 6.07) is 3.05. The van der Waals surface area contributed by atoms with Gasteiger partial charge in [0.2, 0.25) is 5.82 Å². The molecule has 2 N–H and O–H groups in total. The van der Waals surface area contributed by atoms with Gasteiger partial charge in [-0.15, -0.1) is 0 Å². The van der Waals surface area contributed by atoms with Crippen LogP contribution in [0.1, 0.15) is 0 Å². The van der Waals surface area contributed by atoms with Crippen LogP contribution >= 0.6 is 0 Å². The van der Waals surface area contributed by atoms with Gasteiger partial charge in [0.05, 0.1) is 7.11 Å². The Morgan fingerprint density at radius 1 is 1.38 bits per heavy atom. The smallest absolute Gasteiger partial charge is 0.206 e. The molecule has 0 aliphatic carbocycles. The largest absolute Gasteiger partial charge is 0.505 e. The van der Waals surface area contributed by atoms with Gasteiger partial charge in [0, 0.05) is 44.0 Å². The van der Waals surface area contributed by atoms with Gasteiger partial charge < -0.3 is 20.1 Å². The molecule has 0 spiro atoms. The van der Waals surface area contributed by atoms with Crippen molar-refractivity contribution >= 4 is 5.69 Å². The molecule has 2 rings (SSSR count). The van der Waals surface area contributed by atoms with Gasteiger partial charge in [-0.2, -0.15) is 4.39 Å². The molecule has 1 aromatic rings. The van der Waals surface area contributed by atoms with Crippen molar-refractivity contribution in [3.63, 3.8) is 0 Å². The van der Waals surface area contributed by atoms with Crippen molar-refractivity contribution in [2.75, 3.05) is 38.2 Å². The molecule has 1 aromatic carbocycles. The molecule has 0 radical (unpaired) electrons. The molecular formula is C11H15FN2O2. The number of ether oxygens (including phenoxy) is 1. The number of nitrogens with one attached hydrogen (secondary N) is 1. The normalized spacial score (nSPS) is 16.2. The Morgan fingerprint density at radius 3 is 2.69 bits per heavy atom. The number of benzene rings is 1. The second-order valence-corrected chi connectivity index (χ2v) is 3.72. The minimum Gasteiger partial charge on any atom is -0.505 e. The zero-order valence-corrected chi connectivity index (χ0v) is 9.16. The number of nitrogens with zero attached hydrogens (tertiary/aromatic N) is 1. The van der Waals surface area contributed by atoms with Gasteiger partial charge >= 0.3 is 0 Å². The zero-order chi connectivity index (χ0) is 11.5. The second kappa shape index (κ2) is 4.57. The summed E-state index contributed by atoms with van der Waals surface area (Å²) in [7, 11) is 1.39. The first kappa shape index (κ1) is 11.0. The van der Waals surface area contributed by atoms with Crippen molar-refractivity contribution in [1.82, 2.24) is 5.32 Å². The highest BCUT2D eigenvalue weighted by Crippen LogP contribution is 2.32. The van der Waals surface area contributed by atoms with Crippen molar-refractivity contribution < 1.29 is 14.2 Å². The number of aromatic hydroxyl groups is 1. The standard InChI is InChI=1S/C11H15FN2O2/c1-16-10-7-8(6-9(15)11(10)12)14-4-2-13-3-5-14/h6-7,13,15H,2-5H2,1H3. The number of rotatable bonds is 2. The molecule has 1 aliphatic rings. The molecule has 1 saturated heterocycles. The monoisotopic (exact) mass is 226 g/mol. The van der Waals surface area contributed by atoms with Gasteiger partial charge in [0.1, 0.15) is 0 Å². The van der Waals surface area contributed by atoms with Gasteiger partial charge in [0.25, 0.3) is 0 Å². The number of anilines is 1. The highest BCUT2D eigenvalue weighted by molar-refractivity contribution is 5.56. The molecule has 5 heteroatoms. The van der Waals surface area contributed by atoms with Crippen LogP contribution in [0.25, 0.3) is 0 Å². The van der Waals surface area contributed by atoms with E-state index < -0.39 is 5.82 Å². The summed E-state index contributed by atoms with van der Waals surface area (Å²) in [4.78, 5) is 2.08. The number of phenols is 1. The first-order chi connectivity index (χ1) is 7.72. The van der Waals surface area contributed by atoms with Crippen molar-refractivity contribution in [3.8, 4) is 11.5 Å². The van der Waals surface area contributed by atoms with Crippen molar-refractivity contribution in [2.45, 2.75) is 0 Å². The van der Waals surface area contributed by atoms with E-state index in [0.717, 1.165) is 31.9 Å². The number of hydrogen-bond donors (Lipinski definition) is 2. The summed E-state index contributed by atoms with van der Waals surface area (Å²) in [5.74, 6) is -0.997. The van der Waals surface area contributed by atoms with E-state index in [1.54, 1.807) is 6.07 Å². The Bertz CT molecular complexity index is 378. The lowest BCUT2D eigenvalue weighted by Crippen LogP contribution is -2.43. The summed E-state index contributed by atoms with van der Waals surface area (Å²) in [6.07, 6.45) is 0. The second-order valence-electron chi connectivity index (χ2n) is 3.72. The van der Waals surface area contributed by atoms with E-state index in [1.807, 2.05) is 0 Å². The summed E-state index contributed by atoms with van der Waals surface area (Å²) >= 11 is 0. The third kappa shape index (κ3) is 2.04. The minimum atomic E-state index is -0.707. The minimum absolute atomic E-state index is 0.0773. The maximum absolute atomic E-state index is 13.3. The molecule has 0 atom stereocenters. The first-order valence-electron chi connectivity index (χ1n) is 5.24. The van der Waals surface area contributed by atoms with Crippen LogP contribution < -0.4 is 15.0 Å². The van der Waals surface area contributed by atoms with Crippen molar-refractivity contribution in [2.24, 2.45) is 0 Å². The molecule has 0 aromatic heterocycles. The van der Waals surface area contributed by atoms with Crippen LogP contribution in [-0.4, -0.2) is 38.4 Å². The van der Waals surface area contributed by atoms with E-state index >= 15 is 0 Å². The van der Waals surface area contributed by atoms with E-state index in [2.05, 4.69) is 10.2 Å².